The molecule has 60 valence electrons. The van der Waals surface area contributed by atoms with E-state index >= 15 is 0 Å². The first-order valence-corrected chi connectivity index (χ1v) is 4.82. The number of rotatable bonds is 4. The second kappa shape index (κ2) is 4.95. The molecule has 0 fully saturated rings. The van der Waals surface area contributed by atoms with Crippen molar-refractivity contribution in [1.29, 1.82) is 0 Å². The van der Waals surface area contributed by atoms with Gasteiger partial charge in [0.1, 0.15) is 0 Å². The van der Waals surface area contributed by atoms with E-state index in [1.807, 2.05) is 0 Å². The number of hydrogen-bond donors (Lipinski definition) is 0. The van der Waals surface area contributed by atoms with E-state index in [-0.39, 0.29) is 0 Å². The molecule has 0 aliphatic rings. The van der Waals surface area contributed by atoms with E-state index in [2.05, 4.69) is 43.3 Å². The standard InChI is InChI=1S/C9H17Br/c1-5-6-8(4)9(10)7(2)3/h7,9H,4-6H2,1-3H3. The topological polar surface area (TPSA) is 0 Å². The van der Waals surface area contributed by atoms with Crippen LogP contribution in [0.3, 0.4) is 0 Å². The van der Waals surface area contributed by atoms with Crippen LogP contribution in [0.2, 0.25) is 0 Å². The second-order valence-corrected chi connectivity index (χ2v) is 4.04. The van der Waals surface area contributed by atoms with E-state index in [1.165, 1.54) is 12.0 Å². The summed E-state index contributed by atoms with van der Waals surface area (Å²) in [5.41, 5.74) is 1.33. The van der Waals surface area contributed by atoms with Crippen LogP contribution in [-0.4, -0.2) is 4.83 Å². The number of alkyl halides is 1. The van der Waals surface area contributed by atoms with Gasteiger partial charge in [-0.15, -0.1) is 0 Å². The van der Waals surface area contributed by atoms with Crippen LogP contribution in [0, 0.1) is 5.92 Å². The van der Waals surface area contributed by atoms with Crippen molar-refractivity contribution in [2.24, 2.45) is 5.92 Å². The van der Waals surface area contributed by atoms with Crippen LogP contribution in [-0.2, 0) is 0 Å². The molecule has 0 bridgehead atoms. The Kier molecular flexibility index (Phi) is 5.06. The molecule has 0 saturated carbocycles. The average molecular weight is 205 g/mol. The molecule has 0 aromatic rings. The fraction of sp³-hybridized carbons (Fsp3) is 0.778. The molecule has 0 aliphatic heterocycles. The van der Waals surface area contributed by atoms with Gasteiger partial charge >= 0.3 is 0 Å². The highest BCUT2D eigenvalue weighted by atomic mass is 79.9. The van der Waals surface area contributed by atoms with E-state index in [4.69, 9.17) is 0 Å². The zero-order chi connectivity index (χ0) is 8.15. The smallest absolute Gasteiger partial charge is 0.0375 e. The molecule has 0 aromatic heterocycles. The maximum absolute atomic E-state index is 4.02. The molecule has 0 aromatic carbocycles. The highest BCUT2D eigenvalue weighted by Gasteiger charge is 2.11. The van der Waals surface area contributed by atoms with Crippen LogP contribution in [0.25, 0.3) is 0 Å². The lowest BCUT2D eigenvalue weighted by Gasteiger charge is -2.15. The number of hydrogen-bond acceptors (Lipinski definition) is 0. The summed E-state index contributed by atoms with van der Waals surface area (Å²) in [5, 5.41) is 0. The molecule has 1 unspecified atom stereocenters. The Bertz CT molecular complexity index is 105. The van der Waals surface area contributed by atoms with Gasteiger partial charge < -0.3 is 0 Å². The molecule has 0 radical (unpaired) electrons. The van der Waals surface area contributed by atoms with Crippen molar-refractivity contribution in [3.05, 3.63) is 12.2 Å². The zero-order valence-electron chi connectivity index (χ0n) is 7.15. The van der Waals surface area contributed by atoms with Gasteiger partial charge in [-0.1, -0.05) is 55.3 Å². The lowest BCUT2D eigenvalue weighted by atomic mass is 10.0. The van der Waals surface area contributed by atoms with Gasteiger partial charge in [0.05, 0.1) is 0 Å². The van der Waals surface area contributed by atoms with Gasteiger partial charge in [-0.3, -0.25) is 0 Å². The molecule has 1 atom stereocenters. The van der Waals surface area contributed by atoms with Gasteiger partial charge in [0, 0.05) is 4.83 Å². The third-order valence-electron chi connectivity index (χ3n) is 1.55. The van der Waals surface area contributed by atoms with Crippen molar-refractivity contribution in [2.45, 2.75) is 38.4 Å². The fourth-order valence-electron chi connectivity index (χ4n) is 0.930. The van der Waals surface area contributed by atoms with Crippen molar-refractivity contribution < 1.29 is 0 Å². The van der Waals surface area contributed by atoms with Gasteiger partial charge in [0.2, 0.25) is 0 Å². The SMILES string of the molecule is C=C(CCC)C(Br)C(C)C. The van der Waals surface area contributed by atoms with E-state index in [0.29, 0.717) is 10.7 Å². The van der Waals surface area contributed by atoms with Gasteiger partial charge in [-0.2, -0.15) is 0 Å². The quantitative estimate of drug-likeness (QED) is 0.484. The number of allylic oxidation sites excluding steroid dienone is 1. The fourth-order valence-corrected chi connectivity index (χ4v) is 1.16. The highest BCUT2D eigenvalue weighted by Crippen LogP contribution is 2.22. The predicted molar refractivity (Wildman–Crippen MR) is 51.6 cm³/mol. The first-order valence-electron chi connectivity index (χ1n) is 3.91. The van der Waals surface area contributed by atoms with Crippen molar-refractivity contribution in [1.82, 2.24) is 0 Å². The summed E-state index contributed by atoms with van der Waals surface area (Å²) in [5.74, 6) is 0.666. The summed E-state index contributed by atoms with van der Waals surface area (Å²) in [7, 11) is 0. The lowest BCUT2D eigenvalue weighted by molar-refractivity contribution is 0.646. The van der Waals surface area contributed by atoms with Crippen LogP contribution >= 0.6 is 15.9 Å². The van der Waals surface area contributed by atoms with Gasteiger partial charge in [0.15, 0.2) is 0 Å². The monoisotopic (exact) mass is 204 g/mol. The minimum atomic E-state index is 0.507. The van der Waals surface area contributed by atoms with Crippen molar-refractivity contribution >= 4 is 15.9 Å². The van der Waals surface area contributed by atoms with E-state index < -0.39 is 0 Å². The van der Waals surface area contributed by atoms with Gasteiger partial charge in [-0.25, -0.2) is 0 Å². The molecular formula is C9H17Br. The molecule has 10 heavy (non-hydrogen) atoms. The summed E-state index contributed by atoms with van der Waals surface area (Å²) >= 11 is 3.61. The maximum atomic E-state index is 4.02. The van der Waals surface area contributed by atoms with Crippen molar-refractivity contribution in [3.63, 3.8) is 0 Å². The van der Waals surface area contributed by atoms with Gasteiger partial charge in [-0.05, 0) is 12.3 Å². The largest absolute Gasteiger partial charge is 0.0987 e. The predicted octanol–water partition coefficient (Wildman–Crippen LogP) is 3.76. The molecule has 0 nitrogen and oxygen atoms in total. The third kappa shape index (κ3) is 3.40. The van der Waals surface area contributed by atoms with Crippen LogP contribution in [0.1, 0.15) is 33.6 Å². The molecule has 0 spiro atoms. The summed E-state index contributed by atoms with van der Waals surface area (Å²) in [6, 6.07) is 0. The third-order valence-corrected chi connectivity index (χ3v) is 3.25. The summed E-state index contributed by atoms with van der Waals surface area (Å²) < 4.78 is 0. The first-order chi connectivity index (χ1) is 4.59. The van der Waals surface area contributed by atoms with E-state index in [9.17, 15) is 0 Å². The Morgan fingerprint density at radius 1 is 1.50 bits per heavy atom. The van der Waals surface area contributed by atoms with Crippen LogP contribution in [0.5, 0.6) is 0 Å². The Morgan fingerprint density at radius 3 is 2.30 bits per heavy atom. The molecule has 0 rings (SSSR count). The Hall–Kier alpha value is 0.220. The molecule has 1 heteroatoms. The molecule has 0 heterocycles. The molecule has 0 N–H and O–H groups in total. The summed E-state index contributed by atoms with van der Waals surface area (Å²) in [6.45, 7) is 10.6. The van der Waals surface area contributed by atoms with Crippen LogP contribution in [0.4, 0.5) is 0 Å². The van der Waals surface area contributed by atoms with Crippen molar-refractivity contribution in [2.75, 3.05) is 0 Å². The Labute approximate surface area is 72.8 Å². The van der Waals surface area contributed by atoms with E-state index in [0.717, 1.165) is 6.42 Å². The van der Waals surface area contributed by atoms with Crippen LogP contribution in [0.15, 0.2) is 12.2 Å². The molecule has 0 aliphatic carbocycles. The van der Waals surface area contributed by atoms with E-state index in [1.54, 1.807) is 0 Å². The van der Waals surface area contributed by atoms with Gasteiger partial charge in [0.25, 0.3) is 0 Å². The second-order valence-electron chi connectivity index (χ2n) is 3.05. The maximum Gasteiger partial charge on any atom is 0.0375 e. The van der Waals surface area contributed by atoms with Crippen LogP contribution < -0.4 is 0 Å². The Morgan fingerprint density at radius 2 is 2.00 bits per heavy atom. The lowest BCUT2D eigenvalue weighted by Crippen LogP contribution is -2.09. The van der Waals surface area contributed by atoms with Crippen molar-refractivity contribution in [3.8, 4) is 0 Å². The first kappa shape index (κ1) is 10.2. The minimum Gasteiger partial charge on any atom is -0.0987 e. The molecular weight excluding hydrogens is 188 g/mol. The highest BCUT2D eigenvalue weighted by molar-refractivity contribution is 9.09. The molecule has 0 amide bonds. The normalized spacial score (nSPS) is 13.7. The minimum absolute atomic E-state index is 0.507. The number of halogens is 1. The Balaban J connectivity index is 3.71. The summed E-state index contributed by atoms with van der Waals surface area (Å²) in [6.07, 6.45) is 2.35. The summed E-state index contributed by atoms with van der Waals surface area (Å²) in [4.78, 5) is 0.507. The zero-order valence-corrected chi connectivity index (χ0v) is 8.74. The molecule has 0 saturated heterocycles. The average Bonchev–Trinajstić information content (AvgIpc) is 1.87.